The number of benzene rings is 1. The Kier molecular flexibility index (Phi) is 5.87. The first kappa shape index (κ1) is 15.9. The fourth-order valence-corrected chi connectivity index (χ4v) is 1.81. The Morgan fingerprint density at radius 2 is 1.55 bits per heavy atom. The van der Waals surface area contributed by atoms with Gasteiger partial charge in [-0.3, -0.25) is 14.9 Å². The van der Waals surface area contributed by atoms with Crippen LogP contribution in [0.3, 0.4) is 0 Å². The summed E-state index contributed by atoms with van der Waals surface area (Å²) in [5.41, 5.74) is 0.567. The number of carbonyl (C=O) groups is 2. The van der Waals surface area contributed by atoms with E-state index in [0.29, 0.717) is 5.56 Å². The second kappa shape index (κ2) is 7.40. The maximum Gasteiger partial charge on any atom is 0.297 e. The number of aromatic nitrogens is 1. The summed E-state index contributed by atoms with van der Waals surface area (Å²) in [5, 5.41) is 2.67. The lowest BCUT2D eigenvalue weighted by molar-refractivity contribution is -0.711. The molecule has 1 N–H and O–H groups in total. The van der Waals surface area contributed by atoms with Gasteiger partial charge in [-0.25, -0.2) is 0 Å². The number of halogens is 1. The first-order valence-corrected chi connectivity index (χ1v) is 6.00. The first-order chi connectivity index (χ1) is 9.18. The van der Waals surface area contributed by atoms with Crippen LogP contribution >= 0.6 is 0 Å². The largest absolute Gasteiger partial charge is 1.00 e. The number of nitrogens with zero attached hydrogens (tertiary/aromatic N) is 1. The average Bonchev–Trinajstić information content (AvgIpc) is 2.46. The van der Waals surface area contributed by atoms with Crippen LogP contribution in [-0.4, -0.2) is 11.7 Å². The smallest absolute Gasteiger partial charge is 0.297 e. The lowest BCUT2D eigenvalue weighted by Crippen LogP contribution is -3.00. The van der Waals surface area contributed by atoms with Crippen LogP contribution in [0.1, 0.15) is 23.4 Å². The highest BCUT2D eigenvalue weighted by Crippen LogP contribution is 2.07. The monoisotopic (exact) mass is 290 g/mol. The zero-order valence-electron chi connectivity index (χ0n) is 11.0. The van der Waals surface area contributed by atoms with E-state index in [9.17, 15) is 9.59 Å². The van der Waals surface area contributed by atoms with Gasteiger partial charge in [0.2, 0.25) is 5.91 Å². The van der Waals surface area contributed by atoms with E-state index in [1.54, 1.807) is 41.2 Å². The summed E-state index contributed by atoms with van der Waals surface area (Å²) in [4.78, 5) is 23.7. The van der Waals surface area contributed by atoms with Gasteiger partial charge in [-0.1, -0.05) is 36.4 Å². The van der Waals surface area contributed by atoms with Crippen LogP contribution in [0.2, 0.25) is 0 Å². The quantitative estimate of drug-likeness (QED) is 0.550. The Hall–Kier alpha value is -2.20. The lowest BCUT2D eigenvalue weighted by atomic mass is 10.1. The molecule has 2 rings (SSSR count). The molecule has 0 spiro atoms. The van der Waals surface area contributed by atoms with Crippen molar-refractivity contribution in [1.82, 2.24) is 5.32 Å². The number of ketones is 1. The van der Waals surface area contributed by atoms with Gasteiger partial charge < -0.3 is 12.4 Å². The SMILES string of the molecule is CC(=O)NC(C(=O)c1ccccc1)[n+]1ccccc1.[Cl-]. The minimum Gasteiger partial charge on any atom is -1.00 e. The molecule has 1 unspecified atom stereocenters. The van der Waals surface area contributed by atoms with Crippen LogP contribution in [0, 0.1) is 0 Å². The zero-order valence-corrected chi connectivity index (χ0v) is 11.7. The van der Waals surface area contributed by atoms with Crippen LogP contribution in [0.25, 0.3) is 0 Å². The molecule has 0 bridgehead atoms. The predicted octanol–water partition coefficient (Wildman–Crippen LogP) is -1.50. The average molecular weight is 291 g/mol. The van der Waals surface area contributed by atoms with Crippen molar-refractivity contribution in [2.24, 2.45) is 0 Å². The fraction of sp³-hybridized carbons (Fsp3) is 0.133. The highest BCUT2D eigenvalue weighted by molar-refractivity contribution is 5.99. The van der Waals surface area contributed by atoms with Gasteiger partial charge >= 0.3 is 0 Å². The van der Waals surface area contributed by atoms with Crippen molar-refractivity contribution in [1.29, 1.82) is 0 Å². The molecule has 0 radical (unpaired) electrons. The molecule has 0 fully saturated rings. The molecule has 0 aliphatic rings. The van der Waals surface area contributed by atoms with Crippen LogP contribution in [0.4, 0.5) is 0 Å². The molecule has 1 aromatic carbocycles. The zero-order chi connectivity index (χ0) is 13.7. The highest BCUT2D eigenvalue weighted by atomic mass is 35.5. The minimum absolute atomic E-state index is 0. The highest BCUT2D eigenvalue weighted by Gasteiger charge is 2.28. The van der Waals surface area contributed by atoms with E-state index in [4.69, 9.17) is 0 Å². The van der Waals surface area contributed by atoms with Gasteiger partial charge in [0.25, 0.3) is 11.9 Å². The van der Waals surface area contributed by atoms with E-state index in [1.165, 1.54) is 6.92 Å². The number of amides is 1. The van der Waals surface area contributed by atoms with Crippen molar-refractivity contribution < 1.29 is 26.6 Å². The molecule has 0 saturated carbocycles. The summed E-state index contributed by atoms with van der Waals surface area (Å²) < 4.78 is 1.68. The number of hydrogen-bond acceptors (Lipinski definition) is 2. The molecule has 5 heteroatoms. The standard InChI is InChI=1S/C15H14N2O2.ClH/c1-12(18)16-15(17-10-6-3-7-11-17)14(19)13-8-4-2-5-9-13;/h2-11,15H,1H3;1H. The minimum atomic E-state index is -0.721. The third-order valence-electron chi connectivity index (χ3n) is 2.68. The molecule has 0 saturated heterocycles. The number of pyridine rings is 1. The van der Waals surface area contributed by atoms with Crippen LogP contribution in [0.15, 0.2) is 60.9 Å². The van der Waals surface area contributed by atoms with E-state index in [1.807, 2.05) is 24.3 Å². The van der Waals surface area contributed by atoms with E-state index in [0.717, 1.165) is 0 Å². The number of carbonyl (C=O) groups excluding carboxylic acids is 2. The summed E-state index contributed by atoms with van der Waals surface area (Å²) in [5.74, 6) is -0.391. The summed E-state index contributed by atoms with van der Waals surface area (Å²) >= 11 is 0. The predicted molar refractivity (Wildman–Crippen MR) is 70.3 cm³/mol. The molecule has 104 valence electrons. The number of nitrogens with one attached hydrogen (secondary N) is 1. The molecule has 4 nitrogen and oxygen atoms in total. The van der Waals surface area contributed by atoms with Gasteiger partial charge in [-0.15, -0.1) is 0 Å². The van der Waals surface area contributed by atoms with Gasteiger partial charge in [0.15, 0.2) is 12.4 Å². The van der Waals surface area contributed by atoms with E-state index >= 15 is 0 Å². The fourth-order valence-electron chi connectivity index (χ4n) is 1.81. The molecule has 0 aliphatic carbocycles. The van der Waals surface area contributed by atoms with Gasteiger partial charge in [0.1, 0.15) is 0 Å². The molecule has 20 heavy (non-hydrogen) atoms. The number of Topliss-reactive ketones (excluding diaryl/α,β-unsaturated/α-hetero) is 1. The second-order valence-corrected chi connectivity index (χ2v) is 4.16. The summed E-state index contributed by atoms with van der Waals surface area (Å²) in [6.07, 6.45) is 2.78. The Bertz CT molecular complexity index is 573. The van der Waals surface area contributed by atoms with E-state index in [2.05, 4.69) is 5.32 Å². The number of rotatable bonds is 4. The third kappa shape index (κ3) is 3.90. The Balaban J connectivity index is 0.00000200. The second-order valence-electron chi connectivity index (χ2n) is 4.16. The summed E-state index contributed by atoms with van der Waals surface area (Å²) in [7, 11) is 0. The molecule has 1 aromatic heterocycles. The topological polar surface area (TPSA) is 50.1 Å². The lowest BCUT2D eigenvalue weighted by Gasteiger charge is -2.11. The Morgan fingerprint density at radius 1 is 1.00 bits per heavy atom. The van der Waals surface area contributed by atoms with Gasteiger partial charge in [-0.2, -0.15) is 4.57 Å². The summed E-state index contributed by atoms with van der Waals surface area (Å²) in [6, 6.07) is 14.4. The normalized spacial score (nSPS) is 11.1. The molecule has 0 aliphatic heterocycles. The Labute approximate surface area is 123 Å². The van der Waals surface area contributed by atoms with Crippen molar-refractivity contribution in [3.8, 4) is 0 Å². The number of hydrogen-bond donors (Lipinski definition) is 1. The molecule has 1 amide bonds. The molecule has 1 heterocycles. The third-order valence-corrected chi connectivity index (χ3v) is 2.68. The maximum absolute atomic E-state index is 12.4. The van der Waals surface area contributed by atoms with Crippen molar-refractivity contribution in [2.45, 2.75) is 13.1 Å². The van der Waals surface area contributed by atoms with Gasteiger partial charge in [0.05, 0.1) is 0 Å². The van der Waals surface area contributed by atoms with E-state index in [-0.39, 0.29) is 24.1 Å². The van der Waals surface area contributed by atoms with Crippen LogP contribution < -0.4 is 22.3 Å². The van der Waals surface area contributed by atoms with E-state index < -0.39 is 6.17 Å². The molecule has 2 aromatic rings. The summed E-state index contributed by atoms with van der Waals surface area (Å²) in [6.45, 7) is 1.40. The van der Waals surface area contributed by atoms with Gasteiger partial charge in [0, 0.05) is 24.6 Å². The van der Waals surface area contributed by atoms with Crippen molar-refractivity contribution in [2.75, 3.05) is 0 Å². The van der Waals surface area contributed by atoms with Crippen LogP contribution in [-0.2, 0) is 4.79 Å². The molecular weight excluding hydrogens is 276 g/mol. The molecular formula is C15H15ClN2O2. The van der Waals surface area contributed by atoms with Crippen molar-refractivity contribution in [3.05, 3.63) is 66.5 Å². The first-order valence-electron chi connectivity index (χ1n) is 6.00. The molecule has 1 atom stereocenters. The van der Waals surface area contributed by atoms with Gasteiger partial charge in [-0.05, 0) is 0 Å². The van der Waals surface area contributed by atoms with Crippen molar-refractivity contribution >= 4 is 11.7 Å². The Morgan fingerprint density at radius 3 is 2.10 bits per heavy atom. The maximum atomic E-state index is 12.4. The van der Waals surface area contributed by atoms with Crippen LogP contribution in [0.5, 0.6) is 0 Å². The van der Waals surface area contributed by atoms with Crippen molar-refractivity contribution in [3.63, 3.8) is 0 Å².